The third-order valence-corrected chi connectivity index (χ3v) is 6.13. The van der Waals surface area contributed by atoms with Crippen LogP contribution in [0, 0.1) is 5.92 Å². The second kappa shape index (κ2) is 10.8. The summed E-state index contributed by atoms with van der Waals surface area (Å²) in [5, 5.41) is 7.26. The molecule has 1 atom stereocenters. The third-order valence-electron chi connectivity index (χ3n) is 6.13. The van der Waals surface area contributed by atoms with Gasteiger partial charge in [0.05, 0.1) is 0 Å². The molecule has 0 spiro atoms. The quantitative estimate of drug-likeness (QED) is 0.733. The van der Waals surface area contributed by atoms with Gasteiger partial charge in [-0.3, -0.25) is 4.79 Å². The molecule has 168 valence electrons. The van der Waals surface area contributed by atoms with Crippen LogP contribution in [-0.4, -0.2) is 63.6 Å². The Hall–Kier alpha value is -2.12. The molecule has 3 amide bonds. The van der Waals surface area contributed by atoms with Crippen molar-refractivity contribution in [2.75, 3.05) is 19.6 Å². The molecule has 2 heterocycles. The summed E-state index contributed by atoms with van der Waals surface area (Å²) in [5.74, 6) is 1.78. The van der Waals surface area contributed by atoms with Gasteiger partial charge < -0.3 is 19.6 Å². The van der Waals surface area contributed by atoms with Crippen molar-refractivity contribution < 1.29 is 14.1 Å². The van der Waals surface area contributed by atoms with Gasteiger partial charge in [0.1, 0.15) is 0 Å². The largest absolute Gasteiger partial charge is 0.339 e. The first-order valence-electron chi connectivity index (χ1n) is 11.6. The van der Waals surface area contributed by atoms with Crippen LogP contribution in [0.1, 0.15) is 77.4 Å². The molecule has 1 unspecified atom stereocenters. The molecule has 0 bridgehead atoms. The summed E-state index contributed by atoms with van der Waals surface area (Å²) < 4.78 is 5.31. The first-order chi connectivity index (χ1) is 14.4. The molecule has 30 heavy (non-hydrogen) atoms. The van der Waals surface area contributed by atoms with E-state index in [0.717, 1.165) is 38.6 Å². The summed E-state index contributed by atoms with van der Waals surface area (Å²) in [7, 11) is 0. The lowest BCUT2D eigenvalue weighted by molar-refractivity contribution is -0.132. The number of rotatable bonds is 7. The smallest absolute Gasteiger partial charge is 0.317 e. The number of piperidine rings is 1. The fourth-order valence-corrected chi connectivity index (χ4v) is 4.55. The minimum Gasteiger partial charge on any atom is -0.339 e. The van der Waals surface area contributed by atoms with Crippen molar-refractivity contribution >= 4 is 11.9 Å². The molecule has 3 rings (SSSR count). The molecule has 0 aromatic carbocycles. The summed E-state index contributed by atoms with van der Waals surface area (Å²) in [5.41, 5.74) is 0. The molecule has 1 aliphatic heterocycles. The van der Waals surface area contributed by atoms with Gasteiger partial charge in [0.15, 0.2) is 5.82 Å². The van der Waals surface area contributed by atoms with Crippen LogP contribution in [0.4, 0.5) is 4.79 Å². The lowest BCUT2D eigenvalue weighted by Crippen LogP contribution is -2.55. The molecule has 2 aliphatic rings. The molecule has 1 aliphatic carbocycles. The molecule has 1 aromatic heterocycles. The number of hydrogen-bond acceptors (Lipinski definition) is 5. The minimum absolute atomic E-state index is 0.0200. The molecule has 1 aromatic rings. The van der Waals surface area contributed by atoms with E-state index in [1.54, 1.807) is 6.92 Å². The van der Waals surface area contributed by atoms with Gasteiger partial charge in [-0.05, 0) is 31.6 Å². The van der Waals surface area contributed by atoms with E-state index < -0.39 is 0 Å². The van der Waals surface area contributed by atoms with Crippen molar-refractivity contribution in [2.45, 2.75) is 90.6 Å². The van der Waals surface area contributed by atoms with Gasteiger partial charge in [-0.15, -0.1) is 0 Å². The molecule has 1 saturated carbocycles. The van der Waals surface area contributed by atoms with Crippen LogP contribution in [0.15, 0.2) is 4.52 Å². The predicted molar refractivity (Wildman–Crippen MR) is 114 cm³/mol. The normalized spacial score (nSPS) is 20.4. The zero-order chi connectivity index (χ0) is 21.5. The Balaban J connectivity index is 1.53. The highest BCUT2D eigenvalue weighted by atomic mass is 16.5. The molecule has 8 nitrogen and oxygen atoms in total. The molecular weight excluding hydrogens is 382 g/mol. The SMILES string of the molecule is CC(=O)N(CCc1noc(CC(C)C)n1)C1CCCN(C(=O)NC2CCCCC2)C1. The van der Waals surface area contributed by atoms with Gasteiger partial charge in [0.2, 0.25) is 11.8 Å². The van der Waals surface area contributed by atoms with Crippen molar-refractivity contribution in [3.05, 3.63) is 11.7 Å². The van der Waals surface area contributed by atoms with Gasteiger partial charge >= 0.3 is 6.03 Å². The minimum atomic E-state index is 0.0200. The number of nitrogens with zero attached hydrogens (tertiary/aromatic N) is 4. The van der Waals surface area contributed by atoms with E-state index in [-0.39, 0.29) is 18.0 Å². The maximum absolute atomic E-state index is 12.8. The molecule has 1 saturated heterocycles. The van der Waals surface area contributed by atoms with Gasteiger partial charge in [-0.1, -0.05) is 38.3 Å². The van der Waals surface area contributed by atoms with E-state index in [4.69, 9.17) is 4.52 Å². The predicted octanol–water partition coefficient (Wildman–Crippen LogP) is 3.17. The number of carbonyl (C=O) groups excluding carboxylic acids is 2. The fraction of sp³-hybridized carbons (Fsp3) is 0.818. The number of likely N-dealkylation sites (tertiary alicyclic amines) is 1. The number of hydrogen-bond donors (Lipinski definition) is 1. The van der Waals surface area contributed by atoms with E-state index in [9.17, 15) is 9.59 Å². The van der Waals surface area contributed by atoms with Gasteiger partial charge in [-0.25, -0.2) is 4.79 Å². The monoisotopic (exact) mass is 419 g/mol. The Morgan fingerprint density at radius 1 is 1.20 bits per heavy atom. The average molecular weight is 420 g/mol. The standard InChI is InChI=1S/C22H37N5O3/c1-16(2)14-21-24-20(25-30-21)11-13-27(17(3)28)19-10-7-12-26(15-19)22(29)23-18-8-5-4-6-9-18/h16,18-19H,4-15H2,1-3H3,(H,23,29). The van der Waals surface area contributed by atoms with Gasteiger partial charge in [0, 0.05) is 51.5 Å². The first kappa shape index (κ1) is 22.6. The maximum atomic E-state index is 12.8. The lowest BCUT2D eigenvalue weighted by Gasteiger charge is -2.39. The molecule has 0 radical (unpaired) electrons. The van der Waals surface area contributed by atoms with E-state index >= 15 is 0 Å². The van der Waals surface area contributed by atoms with Crippen molar-refractivity contribution in [3.8, 4) is 0 Å². The van der Waals surface area contributed by atoms with Gasteiger partial charge in [-0.2, -0.15) is 4.98 Å². The van der Waals surface area contributed by atoms with E-state index in [1.807, 2.05) is 9.80 Å². The highest BCUT2D eigenvalue weighted by Crippen LogP contribution is 2.20. The number of urea groups is 1. The van der Waals surface area contributed by atoms with Crippen LogP contribution in [0.5, 0.6) is 0 Å². The van der Waals surface area contributed by atoms with Crippen LogP contribution < -0.4 is 5.32 Å². The van der Waals surface area contributed by atoms with Crippen LogP contribution in [0.3, 0.4) is 0 Å². The second-order valence-corrected chi connectivity index (χ2v) is 9.19. The topological polar surface area (TPSA) is 91.6 Å². The Kier molecular flexibility index (Phi) is 8.10. The van der Waals surface area contributed by atoms with Crippen LogP contribution >= 0.6 is 0 Å². The first-order valence-corrected chi connectivity index (χ1v) is 11.6. The molecule has 1 N–H and O–H groups in total. The van der Waals surface area contributed by atoms with E-state index in [0.29, 0.717) is 43.2 Å². The Bertz CT molecular complexity index is 699. The van der Waals surface area contributed by atoms with Crippen LogP contribution in [-0.2, 0) is 17.6 Å². The van der Waals surface area contributed by atoms with E-state index in [1.165, 1.54) is 19.3 Å². The highest BCUT2D eigenvalue weighted by molar-refractivity contribution is 5.76. The summed E-state index contributed by atoms with van der Waals surface area (Å²) in [4.78, 5) is 33.3. The summed E-state index contributed by atoms with van der Waals surface area (Å²) in [6, 6.07) is 0.357. The molecule has 8 heteroatoms. The molecule has 2 fully saturated rings. The number of aromatic nitrogens is 2. The fourth-order valence-electron chi connectivity index (χ4n) is 4.55. The van der Waals surface area contributed by atoms with Crippen molar-refractivity contribution in [1.82, 2.24) is 25.3 Å². The number of nitrogens with one attached hydrogen (secondary N) is 1. The Morgan fingerprint density at radius 2 is 1.97 bits per heavy atom. The van der Waals surface area contributed by atoms with Crippen molar-refractivity contribution in [1.29, 1.82) is 0 Å². The lowest BCUT2D eigenvalue weighted by atomic mass is 9.95. The van der Waals surface area contributed by atoms with Crippen molar-refractivity contribution in [2.24, 2.45) is 5.92 Å². The molecular formula is C22H37N5O3. The number of carbonyl (C=O) groups is 2. The zero-order valence-electron chi connectivity index (χ0n) is 18.7. The van der Waals surface area contributed by atoms with Crippen LogP contribution in [0.25, 0.3) is 0 Å². The second-order valence-electron chi connectivity index (χ2n) is 9.19. The highest BCUT2D eigenvalue weighted by Gasteiger charge is 2.30. The van der Waals surface area contributed by atoms with E-state index in [2.05, 4.69) is 29.3 Å². The summed E-state index contributed by atoms with van der Waals surface area (Å²) in [6.07, 6.45) is 8.96. The Morgan fingerprint density at radius 3 is 2.67 bits per heavy atom. The number of amides is 3. The zero-order valence-corrected chi connectivity index (χ0v) is 18.7. The summed E-state index contributed by atoms with van der Waals surface area (Å²) >= 11 is 0. The van der Waals surface area contributed by atoms with Crippen LogP contribution in [0.2, 0.25) is 0 Å². The summed E-state index contributed by atoms with van der Waals surface area (Å²) in [6.45, 7) is 7.70. The third kappa shape index (κ3) is 6.44. The maximum Gasteiger partial charge on any atom is 0.317 e. The Labute approximate surface area is 179 Å². The average Bonchev–Trinajstić information content (AvgIpc) is 3.15. The van der Waals surface area contributed by atoms with Gasteiger partial charge in [0.25, 0.3) is 0 Å². The van der Waals surface area contributed by atoms with Crippen molar-refractivity contribution in [3.63, 3.8) is 0 Å².